The Balaban J connectivity index is 2.07. The van der Waals surface area contributed by atoms with Crippen molar-refractivity contribution < 1.29 is 13.2 Å². The summed E-state index contributed by atoms with van der Waals surface area (Å²) >= 11 is 0. The van der Waals surface area contributed by atoms with Gasteiger partial charge >= 0.3 is 0 Å². The molecule has 2 rings (SSSR count). The number of hydrogen-bond acceptors (Lipinski definition) is 3. The van der Waals surface area contributed by atoms with Gasteiger partial charge in [-0.1, -0.05) is 36.8 Å². The molecule has 0 saturated carbocycles. The highest BCUT2D eigenvalue weighted by Gasteiger charge is 2.34. The topological polar surface area (TPSA) is 54.5 Å². The molecule has 0 aromatic heterocycles. The van der Waals surface area contributed by atoms with Crippen molar-refractivity contribution in [3.8, 4) is 0 Å². The largest absolute Gasteiger partial charge is 0.338 e. The summed E-state index contributed by atoms with van der Waals surface area (Å²) in [7, 11) is -2.96. The number of hydrogen-bond donors (Lipinski definition) is 0. The maximum absolute atomic E-state index is 12.5. The van der Waals surface area contributed by atoms with Gasteiger partial charge in [0.2, 0.25) is 5.91 Å². The molecule has 4 nitrogen and oxygen atoms in total. The summed E-state index contributed by atoms with van der Waals surface area (Å²) in [5, 5.41) is 0. The van der Waals surface area contributed by atoms with E-state index in [2.05, 4.69) is 0 Å². The number of carbonyl (C=O) groups excluding carboxylic acids is 1. The normalized spacial score (nSPS) is 20.4. The van der Waals surface area contributed by atoms with E-state index in [0.717, 1.165) is 12.0 Å². The molecule has 1 aromatic carbocycles. The van der Waals surface area contributed by atoms with Gasteiger partial charge in [-0.15, -0.1) is 0 Å². The maximum Gasteiger partial charge on any atom is 0.227 e. The van der Waals surface area contributed by atoms with Crippen LogP contribution >= 0.6 is 0 Å². The second kappa shape index (κ2) is 6.60. The van der Waals surface area contributed by atoms with Gasteiger partial charge in [0.15, 0.2) is 9.84 Å². The van der Waals surface area contributed by atoms with Crippen LogP contribution in [0.4, 0.5) is 0 Å². The zero-order chi connectivity index (χ0) is 15.5. The summed E-state index contributed by atoms with van der Waals surface area (Å²) in [6.45, 7) is 4.65. The van der Waals surface area contributed by atoms with E-state index < -0.39 is 9.84 Å². The zero-order valence-corrected chi connectivity index (χ0v) is 13.5. The van der Waals surface area contributed by atoms with Gasteiger partial charge < -0.3 is 4.90 Å². The first-order valence-corrected chi connectivity index (χ1v) is 9.29. The van der Waals surface area contributed by atoms with Crippen molar-refractivity contribution in [2.45, 2.75) is 39.2 Å². The SMILES string of the molecule is CCCN(C(=O)Cc1ccc(C)cc1)[C@H]1CCS(=O)(=O)C1. The lowest BCUT2D eigenvalue weighted by molar-refractivity contribution is -0.132. The van der Waals surface area contributed by atoms with Gasteiger partial charge in [-0.25, -0.2) is 8.42 Å². The predicted octanol–water partition coefficient (Wildman–Crippen LogP) is 1.96. The molecule has 1 amide bonds. The molecule has 0 N–H and O–H groups in total. The highest BCUT2D eigenvalue weighted by atomic mass is 32.2. The molecule has 1 aliphatic heterocycles. The third kappa shape index (κ3) is 4.30. The standard InChI is InChI=1S/C16H23NO3S/c1-3-9-17(15-8-10-21(19,20)12-15)16(18)11-14-6-4-13(2)5-7-14/h4-7,15H,3,8-12H2,1-2H3/t15-/m0/s1. The molecule has 1 aliphatic rings. The Bertz CT molecular complexity index is 592. The monoisotopic (exact) mass is 309 g/mol. The lowest BCUT2D eigenvalue weighted by Crippen LogP contribution is -2.42. The third-order valence-electron chi connectivity index (χ3n) is 3.91. The third-order valence-corrected chi connectivity index (χ3v) is 5.66. The molecule has 1 saturated heterocycles. The predicted molar refractivity (Wildman–Crippen MR) is 83.9 cm³/mol. The Hall–Kier alpha value is -1.36. The average molecular weight is 309 g/mol. The minimum atomic E-state index is -2.96. The van der Waals surface area contributed by atoms with Crippen LogP contribution in [-0.4, -0.2) is 43.3 Å². The van der Waals surface area contributed by atoms with Gasteiger partial charge in [-0.05, 0) is 25.3 Å². The smallest absolute Gasteiger partial charge is 0.227 e. The van der Waals surface area contributed by atoms with Gasteiger partial charge in [0.05, 0.1) is 17.9 Å². The minimum Gasteiger partial charge on any atom is -0.338 e. The van der Waals surface area contributed by atoms with Crippen molar-refractivity contribution in [3.05, 3.63) is 35.4 Å². The molecule has 1 aromatic rings. The molecule has 1 heterocycles. The fourth-order valence-corrected chi connectivity index (χ4v) is 4.49. The van der Waals surface area contributed by atoms with Crippen molar-refractivity contribution in [1.29, 1.82) is 0 Å². The Morgan fingerprint density at radius 2 is 1.95 bits per heavy atom. The molecule has 0 aliphatic carbocycles. The second-order valence-corrected chi connectivity index (χ2v) is 8.04. The number of aryl methyl sites for hydroxylation is 1. The van der Waals surface area contributed by atoms with Crippen molar-refractivity contribution in [1.82, 2.24) is 4.90 Å². The highest BCUT2D eigenvalue weighted by Crippen LogP contribution is 2.19. The summed E-state index contributed by atoms with van der Waals surface area (Å²) in [4.78, 5) is 14.3. The first kappa shape index (κ1) is 16.0. The molecular weight excluding hydrogens is 286 g/mol. The number of amides is 1. The maximum atomic E-state index is 12.5. The van der Waals surface area contributed by atoms with Crippen LogP contribution in [0.25, 0.3) is 0 Å². The van der Waals surface area contributed by atoms with Crippen LogP contribution < -0.4 is 0 Å². The van der Waals surface area contributed by atoms with E-state index in [9.17, 15) is 13.2 Å². The molecule has 0 spiro atoms. The van der Waals surface area contributed by atoms with Crippen molar-refractivity contribution >= 4 is 15.7 Å². The lowest BCUT2D eigenvalue weighted by atomic mass is 10.1. The quantitative estimate of drug-likeness (QED) is 0.835. The van der Waals surface area contributed by atoms with E-state index in [1.54, 1.807) is 4.90 Å². The van der Waals surface area contributed by atoms with Gasteiger partial charge in [0, 0.05) is 12.6 Å². The van der Waals surface area contributed by atoms with Gasteiger partial charge in [-0.3, -0.25) is 4.79 Å². The van der Waals surface area contributed by atoms with Gasteiger partial charge in [0.25, 0.3) is 0 Å². The Morgan fingerprint density at radius 1 is 1.29 bits per heavy atom. The minimum absolute atomic E-state index is 0.0304. The first-order valence-electron chi connectivity index (χ1n) is 7.46. The number of nitrogens with zero attached hydrogens (tertiary/aromatic N) is 1. The van der Waals surface area contributed by atoms with Crippen molar-refractivity contribution in [2.75, 3.05) is 18.1 Å². The van der Waals surface area contributed by atoms with Gasteiger partial charge in [0.1, 0.15) is 0 Å². The summed E-state index contributed by atoms with van der Waals surface area (Å²) in [6.07, 6.45) is 1.76. The van der Waals surface area contributed by atoms with Gasteiger partial charge in [-0.2, -0.15) is 0 Å². The molecule has 21 heavy (non-hydrogen) atoms. The van der Waals surface area contributed by atoms with Crippen LogP contribution in [0, 0.1) is 6.92 Å². The molecule has 1 atom stereocenters. The molecule has 1 fully saturated rings. The van der Waals surface area contributed by atoms with Crippen LogP contribution in [-0.2, 0) is 21.1 Å². The van der Waals surface area contributed by atoms with Crippen molar-refractivity contribution in [2.24, 2.45) is 0 Å². The Kier molecular flexibility index (Phi) is 5.04. The summed E-state index contributed by atoms with van der Waals surface area (Å²) in [5.74, 6) is 0.352. The van der Waals surface area contributed by atoms with Crippen molar-refractivity contribution in [3.63, 3.8) is 0 Å². The van der Waals surface area contributed by atoms with E-state index in [4.69, 9.17) is 0 Å². The van der Waals surface area contributed by atoms with E-state index in [1.165, 1.54) is 5.56 Å². The number of benzene rings is 1. The van der Waals surface area contributed by atoms with Crippen LogP contribution in [0.3, 0.4) is 0 Å². The summed E-state index contributed by atoms with van der Waals surface area (Å²) < 4.78 is 23.3. The summed E-state index contributed by atoms with van der Waals surface area (Å²) in [6, 6.07) is 7.76. The molecule has 5 heteroatoms. The molecule has 116 valence electrons. The number of carbonyl (C=O) groups is 1. The van der Waals surface area contributed by atoms with E-state index in [-0.39, 0.29) is 23.5 Å². The number of sulfone groups is 1. The molecular formula is C16H23NO3S. The molecule has 0 unspecified atom stereocenters. The highest BCUT2D eigenvalue weighted by molar-refractivity contribution is 7.91. The van der Waals surface area contributed by atoms with Crippen LogP contribution in [0.1, 0.15) is 30.9 Å². The molecule has 0 bridgehead atoms. The fraction of sp³-hybridized carbons (Fsp3) is 0.562. The van der Waals surface area contributed by atoms with Crippen LogP contribution in [0.2, 0.25) is 0 Å². The summed E-state index contributed by atoms with van der Waals surface area (Å²) in [5.41, 5.74) is 2.14. The number of rotatable bonds is 5. The molecule has 0 radical (unpaired) electrons. The fourth-order valence-electron chi connectivity index (χ4n) is 2.76. The van der Waals surface area contributed by atoms with E-state index >= 15 is 0 Å². The lowest BCUT2D eigenvalue weighted by Gasteiger charge is -2.28. The second-order valence-electron chi connectivity index (χ2n) is 5.81. The van der Waals surface area contributed by atoms with Crippen LogP contribution in [0.5, 0.6) is 0 Å². The van der Waals surface area contributed by atoms with E-state index in [1.807, 2.05) is 38.1 Å². The Morgan fingerprint density at radius 3 is 2.48 bits per heavy atom. The zero-order valence-electron chi connectivity index (χ0n) is 12.7. The van der Waals surface area contributed by atoms with Crippen LogP contribution in [0.15, 0.2) is 24.3 Å². The average Bonchev–Trinajstić information content (AvgIpc) is 2.78. The first-order chi connectivity index (χ1) is 9.91. The Labute approximate surface area is 127 Å². The van der Waals surface area contributed by atoms with E-state index in [0.29, 0.717) is 19.4 Å².